The average Bonchev–Trinajstić information content (AvgIpc) is 1.63. The van der Waals surface area contributed by atoms with Gasteiger partial charge in [0.25, 0.3) is 0 Å². The van der Waals surface area contributed by atoms with Gasteiger partial charge in [-0.05, 0) is 135 Å². The minimum atomic E-state index is -4.95. The van der Waals surface area contributed by atoms with Crippen molar-refractivity contribution >= 4 is 33.6 Å². The van der Waals surface area contributed by atoms with Crippen LogP contribution in [-0.2, 0) is 55.8 Å². The summed E-state index contributed by atoms with van der Waals surface area (Å²) in [6.45, 7) is 2.42. The third kappa shape index (κ3) is 72.8. The van der Waals surface area contributed by atoms with Crippen LogP contribution in [0.2, 0.25) is 0 Å². The number of hydrogen-bond donors (Lipinski definition) is 4. The summed E-state index contributed by atoms with van der Waals surface area (Å²) in [4.78, 5) is 58.5. The van der Waals surface area contributed by atoms with Gasteiger partial charge in [0, 0.05) is 19.3 Å². The van der Waals surface area contributed by atoms with Gasteiger partial charge >= 0.3 is 33.6 Å². The average molecular weight is 1400 g/mol. The third-order valence-electron chi connectivity index (χ3n) is 15.3. The molecule has 0 aliphatic rings. The van der Waals surface area contributed by atoms with Crippen molar-refractivity contribution in [3.8, 4) is 0 Å². The Kier molecular flexibility index (Phi) is 68.3. The van der Waals surface area contributed by atoms with E-state index in [4.69, 9.17) is 32.3 Å². The van der Waals surface area contributed by atoms with Crippen molar-refractivity contribution in [1.82, 2.24) is 0 Å². The molecule has 0 radical (unpaired) electrons. The van der Waals surface area contributed by atoms with Gasteiger partial charge in [-0.1, -0.05) is 270 Å². The molecule has 556 valence electrons. The highest BCUT2D eigenvalue weighted by Gasteiger charge is 2.29. The first kappa shape index (κ1) is 92.7. The number of phosphoric acid groups is 2. The smallest absolute Gasteiger partial charge is 0.463 e. The van der Waals surface area contributed by atoms with Gasteiger partial charge in [-0.15, -0.1) is 0 Å². The molecule has 0 fully saturated rings. The first-order chi connectivity index (χ1) is 47.2. The van der Waals surface area contributed by atoms with Gasteiger partial charge in [0.15, 0.2) is 6.10 Å². The van der Waals surface area contributed by atoms with Crippen LogP contribution in [0.1, 0.15) is 290 Å². The third-order valence-corrected chi connectivity index (χ3v) is 17.2. The summed E-state index contributed by atoms with van der Waals surface area (Å²) in [6, 6.07) is 0. The number of unbranched alkanes of at least 4 members (excludes halogenated alkanes) is 25. The van der Waals surface area contributed by atoms with Crippen LogP contribution in [0.15, 0.2) is 134 Å². The topological polar surface area (TPSA) is 231 Å². The van der Waals surface area contributed by atoms with Gasteiger partial charge < -0.3 is 34.2 Å². The lowest BCUT2D eigenvalue weighted by atomic mass is 10.0. The molecule has 0 amide bonds. The van der Waals surface area contributed by atoms with Crippen molar-refractivity contribution in [2.45, 2.75) is 309 Å². The number of carbonyl (C=O) groups excluding carboxylic acids is 3. The highest BCUT2D eigenvalue weighted by atomic mass is 31.2. The SMILES string of the molecule is CC/C=C\C/C=C\C/C=C\C/C=C\C/C=C\CCCC(=O)OCC(COP(=O)(O)OCC(O)COP(=O)(O)OCC(O)COC(=O)CCCCCCCCCCCCCCC/C=C\C/C=C\C/C=C\C/C=C\CCCCC)OC(=O)CCCCCCC/C=C\C/C=C\CCCCC. The van der Waals surface area contributed by atoms with Gasteiger partial charge in [-0.25, -0.2) is 9.13 Å². The summed E-state index contributed by atoms with van der Waals surface area (Å²) in [7, 11) is -9.81. The standard InChI is InChI=1S/C79H134O16P2/c1-4-7-10-13-16-19-22-25-28-30-31-32-33-34-35-36-37-38-39-40-41-43-46-47-50-53-56-59-62-65-77(82)89-68-74(80)69-91-96(85,86)92-70-75(81)71-93-97(87,88)94-73-76(95-79(84)67-64-61-58-55-52-49-44-27-24-21-18-15-12-9-6-3)72-90-78(83)66-63-60-57-54-51-48-45-42-29-26-23-20-17-14-11-8-5-2/h8,11,16-21,25-29,31-32,34-35,44-45,48,54,57,74-76,80-81H,4-7,9-10,12-15,22-24,30,33,36-43,46-47,49-53,55-56,58-73H2,1-3H3,(H,85,86)(H,87,88)/b11-8-,19-16-,20-17-,21-18-,28-25-,29-26-,32-31-,35-34-,44-27-,48-45-,57-54-. The second-order valence-electron chi connectivity index (χ2n) is 24.7. The Bertz CT molecular complexity index is 2300. The highest BCUT2D eigenvalue weighted by molar-refractivity contribution is 7.47. The van der Waals surface area contributed by atoms with E-state index in [2.05, 4.69) is 142 Å². The molecule has 0 saturated heterocycles. The predicted octanol–water partition coefficient (Wildman–Crippen LogP) is 21.5. The number of esters is 3. The molecule has 0 aromatic heterocycles. The molecular weight excluding hydrogens is 1270 g/mol. The molecule has 5 atom stereocenters. The lowest BCUT2D eigenvalue weighted by Gasteiger charge is -2.21. The summed E-state index contributed by atoms with van der Waals surface area (Å²) in [5, 5.41) is 20.6. The maximum Gasteiger partial charge on any atom is 0.472 e. The van der Waals surface area contributed by atoms with Gasteiger partial charge in [-0.2, -0.15) is 0 Å². The van der Waals surface area contributed by atoms with E-state index >= 15 is 0 Å². The zero-order chi connectivity index (χ0) is 70.9. The Balaban J connectivity index is 4.55. The van der Waals surface area contributed by atoms with Gasteiger partial charge in [-0.3, -0.25) is 32.5 Å². The van der Waals surface area contributed by atoms with Crippen LogP contribution in [0.3, 0.4) is 0 Å². The first-order valence-corrected chi connectivity index (χ1v) is 40.5. The van der Waals surface area contributed by atoms with Crippen molar-refractivity contribution in [1.29, 1.82) is 0 Å². The molecule has 0 saturated carbocycles. The first-order valence-electron chi connectivity index (χ1n) is 37.5. The van der Waals surface area contributed by atoms with E-state index in [1.165, 1.54) is 103 Å². The van der Waals surface area contributed by atoms with Crippen LogP contribution in [0.4, 0.5) is 0 Å². The largest absolute Gasteiger partial charge is 0.472 e. The zero-order valence-corrected chi connectivity index (χ0v) is 62.2. The molecule has 0 aromatic carbocycles. The summed E-state index contributed by atoms with van der Waals surface area (Å²) in [5.41, 5.74) is 0. The molecular formula is C79H134O16P2. The number of rotatable bonds is 70. The number of phosphoric ester groups is 2. The Labute approximate surface area is 588 Å². The maximum atomic E-state index is 12.9. The minimum Gasteiger partial charge on any atom is -0.463 e. The van der Waals surface area contributed by atoms with E-state index in [-0.39, 0.29) is 19.3 Å². The lowest BCUT2D eigenvalue weighted by Crippen LogP contribution is -2.30. The number of aliphatic hydroxyl groups is 2. The maximum absolute atomic E-state index is 12.9. The minimum absolute atomic E-state index is 0.0731. The molecule has 0 bridgehead atoms. The number of ether oxygens (including phenoxy) is 3. The number of allylic oxidation sites excluding steroid dienone is 22. The Morgan fingerprint density at radius 2 is 0.557 bits per heavy atom. The van der Waals surface area contributed by atoms with E-state index in [9.17, 15) is 43.5 Å². The van der Waals surface area contributed by atoms with Crippen molar-refractivity contribution in [3.05, 3.63) is 134 Å². The molecule has 4 N–H and O–H groups in total. The Morgan fingerprint density at radius 1 is 0.299 bits per heavy atom. The normalized spacial score (nSPS) is 14.8. The van der Waals surface area contributed by atoms with E-state index in [0.717, 1.165) is 122 Å². The van der Waals surface area contributed by atoms with Gasteiger partial charge in [0.2, 0.25) is 0 Å². The van der Waals surface area contributed by atoms with Crippen LogP contribution >= 0.6 is 15.6 Å². The van der Waals surface area contributed by atoms with Crippen LogP contribution in [0.25, 0.3) is 0 Å². The monoisotopic (exact) mass is 1400 g/mol. The van der Waals surface area contributed by atoms with Crippen molar-refractivity contribution in [2.75, 3.05) is 39.6 Å². The molecule has 5 unspecified atom stereocenters. The van der Waals surface area contributed by atoms with Gasteiger partial charge in [0.05, 0.1) is 26.4 Å². The fourth-order valence-corrected chi connectivity index (χ4v) is 11.2. The molecule has 97 heavy (non-hydrogen) atoms. The van der Waals surface area contributed by atoms with E-state index in [1.807, 2.05) is 12.2 Å². The van der Waals surface area contributed by atoms with E-state index in [1.54, 1.807) is 0 Å². The van der Waals surface area contributed by atoms with Crippen LogP contribution < -0.4 is 0 Å². The predicted molar refractivity (Wildman–Crippen MR) is 399 cm³/mol. The number of carbonyl (C=O) groups is 3. The van der Waals surface area contributed by atoms with Crippen molar-refractivity contribution < 1.29 is 75.8 Å². The number of aliphatic hydroxyl groups excluding tert-OH is 2. The van der Waals surface area contributed by atoms with Crippen molar-refractivity contribution in [3.63, 3.8) is 0 Å². The summed E-state index contributed by atoms with van der Waals surface area (Å²) in [6.07, 6.45) is 85.2. The molecule has 0 aliphatic carbocycles. The molecule has 0 heterocycles. The quantitative estimate of drug-likeness (QED) is 0.0146. The second-order valence-corrected chi connectivity index (χ2v) is 27.6. The van der Waals surface area contributed by atoms with E-state index < -0.39 is 91.5 Å². The highest BCUT2D eigenvalue weighted by Crippen LogP contribution is 2.45. The molecule has 0 spiro atoms. The van der Waals surface area contributed by atoms with Gasteiger partial charge in [0.1, 0.15) is 25.4 Å². The number of hydrogen-bond acceptors (Lipinski definition) is 14. The summed E-state index contributed by atoms with van der Waals surface area (Å²) >= 11 is 0. The van der Waals surface area contributed by atoms with Crippen LogP contribution in [0, 0.1) is 0 Å². The molecule has 18 heteroatoms. The fourth-order valence-electron chi connectivity index (χ4n) is 9.62. The second kappa shape index (κ2) is 71.5. The van der Waals surface area contributed by atoms with Crippen LogP contribution in [0.5, 0.6) is 0 Å². The molecule has 0 aromatic rings. The molecule has 16 nitrogen and oxygen atoms in total. The molecule has 0 rings (SSSR count). The summed E-state index contributed by atoms with van der Waals surface area (Å²) < 4.78 is 60.9. The van der Waals surface area contributed by atoms with Crippen LogP contribution in [-0.4, -0.2) is 95.9 Å². The van der Waals surface area contributed by atoms with E-state index in [0.29, 0.717) is 25.7 Å². The zero-order valence-electron chi connectivity index (χ0n) is 60.5. The van der Waals surface area contributed by atoms with Crippen molar-refractivity contribution in [2.24, 2.45) is 0 Å². The molecule has 0 aliphatic heterocycles. The Morgan fingerprint density at radius 3 is 0.907 bits per heavy atom. The summed E-state index contributed by atoms with van der Waals surface area (Å²) in [5.74, 6) is -1.66. The Hall–Kier alpha value is -4.31. The fraction of sp³-hybridized carbons (Fsp3) is 0.684. The lowest BCUT2D eigenvalue weighted by molar-refractivity contribution is -0.161.